The van der Waals surface area contributed by atoms with E-state index >= 15 is 0 Å². The van der Waals surface area contributed by atoms with Crippen molar-refractivity contribution in [3.8, 4) is 6.07 Å². The molecule has 0 atom stereocenters. The molecule has 0 aliphatic carbocycles. The number of Topliss-reactive ketones (excluding diaryl/α,β-unsaturated/α-hetero) is 1. The fraction of sp³-hybridized carbons (Fsp3) is 0.312. The molecular weight excluding hydrogens is 278 g/mol. The van der Waals surface area contributed by atoms with Crippen LogP contribution in [0.3, 0.4) is 0 Å². The van der Waals surface area contributed by atoms with Crippen LogP contribution < -0.4 is 16.3 Å². The molecule has 0 unspecified atom stereocenters. The van der Waals surface area contributed by atoms with Gasteiger partial charge in [0.2, 0.25) is 11.5 Å². The number of hydrogen-bond donors (Lipinski definition) is 3. The highest BCUT2D eigenvalue weighted by Crippen LogP contribution is 1.94. The lowest BCUT2D eigenvalue weighted by Gasteiger charge is -2.07. The number of allylic oxidation sites excluding steroid dienone is 5. The van der Waals surface area contributed by atoms with Gasteiger partial charge >= 0.3 is 0 Å². The molecule has 120 valence electrons. The molecule has 0 aromatic heterocycles. The van der Waals surface area contributed by atoms with Crippen molar-refractivity contribution in [2.45, 2.75) is 27.7 Å². The molecule has 0 aromatic carbocycles. The SMILES string of the molecule is C=C/C(=C\C=C/C)N/N=C(\C#N)C(=O)C(=C)NNCC.CC. The second kappa shape index (κ2) is 14.8. The van der Waals surface area contributed by atoms with Gasteiger partial charge in [-0.05, 0) is 19.1 Å². The number of rotatable bonds is 9. The zero-order valence-electron chi connectivity index (χ0n) is 13.7. The first-order valence-electron chi connectivity index (χ1n) is 7.02. The maximum atomic E-state index is 11.8. The van der Waals surface area contributed by atoms with Crippen LogP contribution in [0.4, 0.5) is 0 Å². The van der Waals surface area contributed by atoms with Crippen LogP contribution in [0.25, 0.3) is 0 Å². The van der Waals surface area contributed by atoms with Crippen LogP contribution in [0.2, 0.25) is 0 Å². The van der Waals surface area contributed by atoms with Gasteiger partial charge in [-0.2, -0.15) is 10.4 Å². The number of nitrogens with zero attached hydrogens (tertiary/aromatic N) is 2. The van der Waals surface area contributed by atoms with E-state index in [1.54, 1.807) is 18.2 Å². The summed E-state index contributed by atoms with van der Waals surface area (Å²) < 4.78 is 0. The summed E-state index contributed by atoms with van der Waals surface area (Å²) in [5.41, 5.74) is 8.21. The predicted molar refractivity (Wildman–Crippen MR) is 91.6 cm³/mol. The molecule has 0 aliphatic heterocycles. The molecule has 0 saturated carbocycles. The zero-order chi connectivity index (χ0) is 17.4. The lowest BCUT2D eigenvalue weighted by atomic mass is 10.2. The summed E-state index contributed by atoms with van der Waals surface area (Å²) >= 11 is 0. The third-order valence-electron chi connectivity index (χ3n) is 2.00. The molecule has 0 bridgehead atoms. The number of nitriles is 1. The smallest absolute Gasteiger partial charge is 0.240 e. The second-order valence-corrected chi connectivity index (χ2v) is 3.50. The molecular formula is C16H25N5O. The van der Waals surface area contributed by atoms with E-state index in [0.29, 0.717) is 12.2 Å². The van der Waals surface area contributed by atoms with Crippen molar-refractivity contribution >= 4 is 11.5 Å². The van der Waals surface area contributed by atoms with Crippen LogP contribution in [0.1, 0.15) is 27.7 Å². The van der Waals surface area contributed by atoms with E-state index in [1.165, 1.54) is 6.08 Å². The molecule has 22 heavy (non-hydrogen) atoms. The van der Waals surface area contributed by atoms with Crippen LogP contribution in [0.5, 0.6) is 0 Å². The summed E-state index contributed by atoms with van der Waals surface area (Å²) in [4.78, 5) is 11.8. The number of ketones is 1. The molecule has 3 N–H and O–H groups in total. The van der Waals surface area contributed by atoms with Gasteiger partial charge in [0.25, 0.3) is 0 Å². The Hall–Kier alpha value is -2.65. The number of hydrazone groups is 1. The largest absolute Gasteiger partial charge is 0.318 e. The molecule has 0 rings (SSSR count). The highest BCUT2D eigenvalue weighted by Gasteiger charge is 2.14. The van der Waals surface area contributed by atoms with E-state index < -0.39 is 5.78 Å². The Morgan fingerprint density at radius 1 is 1.41 bits per heavy atom. The topological polar surface area (TPSA) is 89.3 Å². The van der Waals surface area contributed by atoms with Gasteiger partial charge in [-0.3, -0.25) is 10.2 Å². The van der Waals surface area contributed by atoms with Gasteiger partial charge in [-0.1, -0.05) is 46.1 Å². The Bertz CT molecular complexity index is 495. The Kier molecular flexibility index (Phi) is 14.5. The van der Waals surface area contributed by atoms with E-state index in [4.69, 9.17) is 5.26 Å². The van der Waals surface area contributed by atoms with Crippen molar-refractivity contribution < 1.29 is 4.79 Å². The molecule has 0 radical (unpaired) electrons. The van der Waals surface area contributed by atoms with Crippen molar-refractivity contribution in [3.63, 3.8) is 0 Å². The van der Waals surface area contributed by atoms with E-state index in [9.17, 15) is 4.79 Å². The van der Waals surface area contributed by atoms with Gasteiger partial charge in [0.05, 0.1) is 11.4 Å². The minimum absolute atomic E-state index is 0.0477. The highest BCUT2D eigenvalue weighted by molar-refractivity contribution is 6.50. The molecule has 0 fully saturated rings. The van der Waals surface area contributed by atoms with Crippen molar-refractivity contribution in [1.29, 1.82) is 5.26 Å². The van der Waals surface area contributed by atoms with Crippen molar-refractivity contribution in [1.82, 2.24) is 16.3 Å². The Balaban J connectivity index is 0. The first kappa shape index (κ1) is 21.6. The summed E-state index contributed by atoms with van der Waals surface area (Å²) in [7, 11) is 0. The summed E-state index contributed by atoms with van der Waals surface area (Å²) in [5.74, 6) is -0.588. The lowest BCUT2D eigenvalue weighted by Crippen LogP contribution is -2.35. The molecule has 0 amide bonds. The maximum Gasteiger partial charge on any atom is 0.240 e. The van der Waals surface area contributed by atoms with Crippen LogP contribution in [0, 0.1) is 11.3 Å². The third-order valence-corrected chi connectivity index (χ3v) is 2.00. The molecule has 6 nitrogen and oxygen atoms in total. The number of carbonyl (C=O) groups excluding carboxylic acids is 1. The Labute approximate surface area is 133 Å². The fourth-order valence-corrected chi connectivity index (χ4v) is 0.993. The summed E-state index contributed by atoms with van der Waals surface area (Å²) in [5, 5.41) is 12.7. The second-order valence-electron chi connectivity index (χ2n) is 3.50. The molecule has 0 aromatic rings. The Morgan fingerprint density at radius 3 is 2.50 bits per heavy atom. The average molecular weight is 303 g/mol. The van der Waals surface area contributed by atoms with Gasteiger partial charge in [-0.25, -0.2) is 5.43 Å². The normalized spacial score (nSPS) is 11.0. The molecule has 0 heterocycles. The third kappa shape index (κ3) is 9.28. The quantitative estimate of drug-likeness (QED) is 0.263. The van der Waals surface area contributed by atoms with Crippen molar-refractivity contribution in [2.75, 3.05) is 6.54 Å². The first-order chi connectivity index (χ1) is 10.6. The van der Waals surface area contributed by atoms with Crippen molar-refractivity contribution in [3.05, 3.63) is 48.9 Å². The van der Waals surface area contributed by atoms with E-state index in [-0.39, 0.29) is 11.4 Å². The molecule has 0 saturated heterocycles. The predicted octanol–water partition coefficient (Wildman–Crippen LogP) is 2.32. The lowest BCUT2D eigenvalue weighted by molar-refractivity contribution is -0.110. The first-order valence-corrected chi connectivity index (χ1v) is 7.02. The van der Waals surface area contributed by atoms with E-state index in [2.05, 4.69) is 34.5 Å². The Morgan fingerprint density at radius 2 is 2.05 bits per heavy atom. The van der Waals surface area contributed by atoms with Gasteiger partial charge in [-0.15, -0.1) is 0 Å². The molecule has 0 spiro atoms. The van der Waals surface area contributed by atoms with E-state index in [1.807, 2.05) is 33.8 Å². The van der Waals surface area contributed by atoms with Gasteiger partial charge in [0.1, 0.15) is 6.07 Å². The molecule has 0 aliphatic rings. The minimum atomic E-state index is -0.588. The number of hydrazine groups is 1. The van der Waals surface area contributed by atoms with Crippen molar-refractivity contribution in [2.24, 2.45) is 5.10 Å². The number of hydrogen-bond acceptors (Lipinski definition) is 6. The highest BCUT2D eigenvalue weighted by atomic mass is 16.1. The number of carbonyl (C=O) groups is 1. The maximum absolute atomic E-state index is 11.8. The van der Waals surface area contributed by atoms with Gasteiger partial charge < -0.3 is 5.43 Å². The fourth-order valence-electron chi connectivity index (χ4n) is 0.993. The van der Waals surface area contributed by atoms with Crippen LogP contribution in [0.15, 0.2) is 54.0 Å². The zero-order valence-corrected chi connectivity index (χ0v) is 13.7. The van der Waals surface area contributed by atoms with Crippen LogP contribution in [-0.4, -0.2) is 18.0 Å². The van der Waals surface area contributed by atoms with Crippen LogP contribution in [-0.2, 0) is 4.79 Å². The average Bonchev–Trinajstić information content (AvgIpc) is 2.57. The van der Waals surface area contributed by atoms with Gasteiger partial charge in [0, 0.05) is 6.54 Å². The molecule has 6 heteroatoms. The van der Waals surface area contributed by atoms with Gasteiger partial charge in [0.15, 0.2) is 0 Å². The summed E-state index contributed by atoms with van der Waals surface area (Å²) in [6, 6.07) is 1.72. The minimum Gasteiger partial charge on any atom is -0.318 e. The monoisotopic (exact) mass is 303 g/mol. The standard InChI is InChI=1S/C14H19N5O.C2H6/c1-5-8-9-12(6-2)18-19-13(10-15)14(20)11(4)17-16-7-3;1-2/h5-6,8-9,16-18H,2,4,7H2,1,3H3;1-2H3/b8-5-,12-9+,19-13+;. The number of nitrogens with one attached hydrogen (secondary N) is 3. The summed E-state index contributed by atoms with van der Waals surface area (Å²) in [6.07, 6.45) is 6.84. The van der Waals surface area contributed by atoms with E-state index in [0.717, 1.165) is 0 Å². The summed E-state index contributed by atoms with van der Waals surface area (Å²) in [6.45, 7) is 15.5. The van der Waals surface area contributed by atoms with Crippen LogP contribution >= 0.6 is 0 Å².